The number of carboxylic acid groups (broad SMARTS) is 1. The first kappa shape index (κ1) is 20.9. The molecule has 6 nitrogen and oxygen atoms in total. The average Bonchev–Trinajstić information content (AvgIpc) is 3.16. The molecule has 3 aromatic rings. The zero-order chi connectivity index (χ0) is 21.4. The van der Waals surface area contributed by atoms with Crippen molar-refractivity contribution in [2.45, 2.75) is 24.9 Å². The summed E-state index contributed by atoms with van der Waals surface area (Å²) in [5.41, 5.74) is 10.7. The van der Waals surface area contributed by atoms with Gasteiger partial charge in [0.2, 0.25) is 0 Å². The summed E-state index contributed by atoms with van der Waals surface area (Å²) in [6.45, 7) is 1.68. The monoisotopic (exact) mass is 444 g/mol. The maximum absolute atomic E-state index is 10.9. The predicted molar refractivity (Wildman–Crippen MR) is 118 cm³/mol. The Morgan fingerprint density at radius 3 is 2.73 bits per heavy atom. The van der Waals surface area contributed by atoms with E-state index in [4.69, 9.17) is 34.0 Å². The van der Waals surface area contributed by atoms with E-state index >= 15 is 0 Å². The lowest BCUT2D eigenvalue weighted by molar-refractivity contribution is -0.138. The number of carboxylic acids is 1. The molecule has 0 bridgehead atoms. The molecule has 1 aliphatic heterocycles. The molecule has 0 fully saturated rings. The number of benzene rings is 2. The van der Waals surface area contributed by atoms with Gasteiger partial charge in [0.25, 0.3) is 0 Å². The van der Waals surface area contributed by atoms with Crippen molar-refractivity contribution in [3.05, 3.63) is 81.4 Å². The Hall–Kier alpha value is -2.38. The molecule has 1 aliphatic rings. The summed E-state index contributed by atoms with van der Waals surface area (Å²) in [5, 5.41) is 10.3. The second-order valence-electron chi connectivity index (χ2n) is 7.72. The number of nitrogens with two attached hydrogens (primary N) is 1. The number of hydrogen-bond donors (Lipinski definition) is 2. The van der Waals surface area contributed by atoms with Gasteiger partial charge in [-0.05, 0) is 48.0 Å². The number of halogens is 2. The molecule has 30 heavy (non-hydrogen) atoms. The lowest BCUT2D eigenvalue weighted by Crippen LogP contribution is -2.32. The van der Waals surface area contributed by atoms with Gasteiger partial charge in [-0.2, -0.15) is 0 Å². The van der Waals surface area contributed by atoms with Crippen LogP contribution < -0.4 is 5.73 Å². The number of nitrogens with zero attached hydrogens (tertiary/aromatic N) is 3. The first-order valence-electron chi connectivity index (χ1n) is 9.59. The predicted octanol–water partition coefficient (Wildman–Crippen LogP) is 3.71. The highest BCUT2D eigenvalue weighted by Crippen LogP contribution is 2.38. The highest BCUT2D eigenvalue weighted by molar-refractivity contribution is 6.35. The number of fused-ring (bicyclic) bond motifs is 1. The van der Waals surface area contributed by atoms with E-state index in [1.807, 2.05) is 22.8 Å². The fourth-order valence-corrected chi connectivity index (χ4v) is 4.50. The summed E-state index contributed by atoms with van der Waals surface area (Å²) >= 11 is 12.7. The number of aliphatic carboxylic acids is 1. The molecule has 0 amide bonds. The zero-order valence-corrected chi connectivity index (χ0v) is 17.9. The van der Waals surface area contributed by atoms with Crippen LogP contribution in [-0.2, 0) is 17.8 Å². The lowest BCUT2D eigenvalue weighted by atomic mass is 9.84. The summed E-state index contributed by atoms with van der Waals surface area (Å²) in [4.78, 5) is 17.5. The van der Waals surface area contributed by atoms with Gasteiger partial charge >= 0.3 is 5.97 Å². The van der Waals surface area contributed by atoms with Crippen LogP contribution in [0, 0.1) is 0 Å². The van der Waals surface area contributed by atoms with Crippen LogP contribution in [0.4, 0.5) is 0 Å². The third kappa shape index (κ3) is 4.23. The Morgan fingerprint density at radius 1 is 1.30 bits per heavy atom. The molecule has 0 radical (unpaired) electrons. The minimum absolute atomic E-state index is 0.177. The highest BCUT2D eigenvalue weighted by Gasteiger charge is 2.27. The highest BCUT2D eigenvalue weighted by atomic mass is 35.5. The standard InChI is InChI=1S/C22H22Cl2N4O2/c1-27-10-18(17-6-14(23)7-20(24)19(17)11-27)13-2-4-16(5-3-13)28-9-15(26-12-28)8-21(25)22(29)30/h2-7,9,12,18,21H,8,10-11,25H2,1H3,(H,29,30)/t18?,21-/m0/s1. The van der Waals surface area contributed by atoms with Gasteiger partial charge in [-0.15, -0.1) is 0 Å². The quantitative estimate of drug-likeness (QED) is 0.626. The summed E-state index contributed by atoms with van der Waals surface area (Å²) in [6, 6.07) is 11.1. The molecule has 156 valence electrons. The van der Waals surface area contributed by atoms with Crippen LogP contribution in [0.1, 0.15) is 28.3 Å². The molecule has 0 aliphatic carbocycles. The molecule has 4 rings (SSSR count). The van der Waals surface area contributed by atoms with Crippen LogP contribution in [0.25, 0.3) is 5.69 Å². The molecule has 1 unspecified atom stereocenters. The third-order valence-electron chi connectivity index (χ3n) is 5.47. The molecule has 0 saturated heterocycles. The van der Waals surface area contributed by atoms with E-state index in [0.717, 1.165) is 24.3 Å². The first-order chi connectivity index (χ1) is 14.3. The van der Waals surface area contributed by atoms with Gasteiger partial charge in [0.15, 0.2) is 0 Å². The molecule has 2 aromatic carbocycles. The fraction of sp³-hybridized carbons (Fsp3) is 0.273. The van der Waals surface area contributed by atoms with E-state index in [2.05, 4.69) is 29.1 Å². The Kier molecular flexibility index (Phi) is 5.84. The molecular weight excluding hydrogens is 423 g/mol. The van der Waals surface area contributed by atoms with E-state index in [0.29, 0.717) is 15.7 Å². The molecule has 8 heteroatoms. The number of carbonyl (C=O) groups is 1. The maximum Gasteiger partial charge on any atom is 0.320 e. The van der Waals surface area contributed by atoms with Gasteiger partial charge in [0.05, 0.1) is 12.0 Å². The number of hydrogen-bond acceptors (Lipinski definition) is 4. The molecular formula is C22H22Cl2N4O2. The number of rotatable bonds is 5. The van der Waals surface area contributed by atoms with Crippen molar-refractivity contribution in [1.82, 2.24) is 14.5 Å². The largest absolute Gasteiger partial charge is 0.480 e. The average molecular weight is 445 g/mol. The van der Waals surface area contributed by atoms with Gasteiger partial charge in [0, 0.05) is 47.4 Å². The second-order valence-corrected chi connectivity index (χ2v) is 8.56. The van der Waals surface area contributed by atoms with E-state index in [1.165, 1.54) is 11.1 Å². The van der Waals surface area contributed by atoms with E-state index < -0.39 is 12.0 Å². The number of aromatic nitrogens is 2. The van der Waals surface area contributed by atoms with E-state index in [1.54, 1.807) is 18.6 Å². The summed E-state index contributed by atoms with van der Waals surface area (Å²) in [6.07, 6.45) is 3.66. The third-order valence-corrected chi connectivity index (χ3v) is 6.02. The smallest absolute Gasteiger partial charge is 0.320 e. The van der Waals surface area contributed by atoms with Crippen LogP contribution >= 0.6 is 23.2 Å². The van der Waals surface area contributed by atoms with Crippen molar-refractivity contribution in [1.29, 1.82) is 0 Å². The van der Waals surface area contributed by atoms with Crippen LogP contribution in [0.15, 0.2) is 48.9 Å². The summed E-state index contributed by atoms with van der Waals surface area (Å²) in [5.74, 6) is -0.859. The Morgan fingerprint density at radius 2 is 2.03 bits per heavy atom. The molecule has 2 heterocycles. The number of likely N-dealkylation sites (N-methyl/N-ethyl adjacent to an activating group) is 1. The second kappa shape index (κ2) is 8.40. The van der Waals surface area contributed by atoms with Crippen LogP contribution in [0.2, 0.25) is 10.0 Å². The van der Waals surface area contributed by atoms with Crippen molar-refractivity contribution >= 4 is 29.2 Å². The minimum atomic E-state index is -1.04. The Labute approximate surface area is 184 Å². The molecule has 0 saturated carbocycles. The van der Waals surface area contributed by atoms with Crippen LogP contribution in [0.3, 0.4) is 0 Å². The normalized spacial score (nSPS) is 17.5. The van der Waals surface area contributed by atoms with Gasteiger partial charge in [-0.3, -0.25) is 4.79 Å². The van der Waals surface area contributed by atoms with Crippen molar-refractivity contribution < 1.29 is 9.90 Å². The zero-order valence-electron chi connectivity index (χ0n) is 16.4. The topological polar surface area (TPSA) is 84.4 Å². The Bertz CT molecular complexity index is 1080. The molecule has 3 N–H and O–H groups in total. The molecule has 0 spiro atoms. The molecule has 1 aromatic heterocycles. The molecule has 2 atom stereocenters. The van der Waals surface area contributed by atoms with E-state index in [9.17, 15) is 4.79 Å². The summed E-state index contributed by atoms with van der Waals surface area (Å²) in [7, 11) is 2.09. The van der Waals surface area contributed by atoms with Gasteiger partial charge < -0.3 is 20.3 Å². The van der Waals surface area contributed by atoms with Gasteiger partial charge in [0.1, 0.15) is 6.04 Å². The van der Waals surface area contributed by atoms with Gasteiger partial charge in [-0.1, -0.05) is 35.3 Å². The van der Waals surface area contributed by atoms with Crippen LogP contribution in [-0.4, -0.2) is 45.2 Å². The van der Waals surface area contributed by atoms with Crippen molar-refractivity contribution in [2.75, 3.05) is 13.6 Å². The van der Waals surface area contributed by atoms with Crippen molar-refractivity contribution in [2.24, 2.45) is 5.73 Å². The lowest BCUT2D eigenvalue weighted by Gasteiger charge is -2.33. The maximum atomic E-state index is 10.9. The summed E-state index contributed by atoms with van der Waals surface area (Å²) < 4.78 is 1.86. The Balaban J connectivity index is 1.59. The first-order valence-corrected chi connectivity index (χ1v) is 10.4. The fourth-order valence-electron chi connectivity index (χ4n) is 3.93. The van der Waals surface area contributed by atoms with Gasteiger partial charge in [-0.25, -0.2) is 4.98 Å². The van der Waals surface area contributed by atoms with Crippen LogP contribution in [0.5, 0.6) is 0 Å². The van der Waals surface area contributed by atoms with Crippen molar-refractivity contribution in [3.8, 4) is 5.69 Å². The van der Waals surface area contributed by atoms with E-state index in [-0.39, 0.29) is 12.3 Å². The van der Waals surface area contributed by atoms with Crippen molar-refractivity contribution in [3.63, 3.8) is 0 Å². The SMILES string of the molecule is CN1Cc2c(Cl)cc(Cl)cc2C(c2ccc(-n3cnc(C[C@H](N)C(=O)O)c3)cc2)C1. The number of imidazole rings is 1. The minimum Gasteiger partial charge on any atom is -0.480 e.